The third kappa shape index (κ3) is 2.04. The van der Waals surface area contributed by atoms with Crippen LogP contribution < -0.4 is 10.6 Å². The fraction of sp³-hybridized carbons (Fsp3) is 0.267. The molecule has 1 aliphatic heterocycles. The Labute approximate surface area is 111 Å². The number of nitrogens with zero attached hydrogens (tertiary/aromatic N) is 1. The summed E-state index contributed by atoms with van der Waals surface area (Å²) < 4.78 is 5.21. The molecule has 2 aromatic rings. The van der Waals surface area contributed by atoms with Crippen molar-refractivity contribution >= 4 is 11.6 Å². The van der Waals surface area contributed by atoms with Gasteiger partial charge in [0, 0.05) is 18.3 Å². The topological polar surface area (TPSA) is 59.5 Å². The van der Waals surface area contributed by atoms with Crippen molar-refractivity contribution in [2.75, 3.05) is 11.4 Å². The molecular formula is C15H16N2O2. The van der Waals surface area contributed by atoms with Gasteiger partial charge in [0.1, 0.15) is 5.76 Å². The number of carbonyl (C=O) groups is 1. The summed E-state index contributed by atoms with van der Waals surface area (Å²) >= 11 is 0. The Hall–Kier alpha value is -2.07. The van der Waals surface area contributed by atoms with Gasteiger partial charge in [0.2, 0.25) is 0 Å². The number of carbonyl (C=O) groups excluding carboxylic acids is 1. The first-order valence-corrected chi connectivity index (χ1v) is 6.36. The van der Waals surface area contributed by atoms with E-state index < -0.39 is 0 Å². The number of furan rings is 1. The molecule has 0 saturated heterocycles. The molecule has 1 amide bonds. The molecule has 1 unspecified atom stereocenters. The number of anilines is 1. The summed E-state index contributed by atoms with van der Waals surface area (Å²) in [6, 6.07) is 9.60. The quantitative estimate of drug-likeness (QED) is 0.850. The predicted octanol–water partition coefficient (Wildman–Crippen LogP) is 2.12. The summed E-state index contributed by atoms with van der Waals surface area (Å²) in [7, 11) is 0. The van der Waals surface area contributed by atoms with E-state index in [1.807, 2.05) is 24.3 Å². The predicted molar refractivity (Wildman–Crippen MR) is 73.2 cm³/mol. The van der Waals surface area contributed by atoms with Gasteiger partial charge in [-0.2, -0.15) is 0 Å². The van der Waals surface area contributed by atoms with E-state index in [2.05, 4.69) is 0 Å². The molecule has 19 heavy (non-hydrogen) atoms. The van der Waals surface area contributed by atoms with Crippen LogP contribution in [0.2, 0.25) is 0 Å². The number of rotatable bonds is 1. The smallest absolute Gasteiger partial charge is 0.261 e. The zero-order chi connectivity index (χ0) is 13.4. The second-order valence-corrected chi connectivity index (χ2v) is 4.90. The number of aryl methyl sites for hydroxylation is 1. The molecule has 0 radical (unpaired) electrons. The molecule has 1 aliphatic rings. The molecule has 1 aromatic carbocycles. The van der Waals surface area contributed by atoms with Gasteiger partial charge < -0.3 is 15.1 Å². The van der Waals surface area contributed by atoms with Gasteiger partial charge in [-0.25, -0.2) is 0 Å². The molecule has 1 aromatic heterocycles. The van der Waals surface area contributed by atoms with Crippen LogP contribution in [0.25, 0.3) is 0 Å². The molecule has 4 nitrogen and oxygen atoms in total. The number of hydrogen-bond acceptors (Lipinski definition) is 3. The van der Waals surface area contributed by atoms with Crippen molar-refractivity contribution in [2.24, 2.45) is 5.73 Å². The Morgan fingerprint density at radius 1 is 1.37 bits per heavy atom. The van der Waals surface area contributed by atoms with Crippen LogP contribution in [0.3, 0.4) is 0 Å². The summed E-state index contributed by atoms with van der Waals surface area (Å²) in [5.74, 6) is 0.593. The molecule has 2 N–H and O–H groups in total. The van der Waals surface area contributed by atoms with Gasteiger partial charge >= 0.3 is 0 Å². The third-order valence-corrected chi connectivity index (χ3v) is 3.52. The molecule has 0 fully saturated rings. The lowest BCUT2D eigenvalue weighted by Gasteiger charge is -2.32. The fourth-order valence-electron chi connectivity index (χ4n) is 2.57. The van der Waals surface area contributed by atoms with Crippen LogP contribution in [-0.4, -0.2) is 18.5 Å². The van der Waals surface area contributed by atoms with Crippen LogP contribution in [0.4, 0.5) is 5.69 Å². The number of fused-ring (bicyclic) bond motifs is 1. The molecule has 0 saturated carbocycles. The van der Waals surface area contributed by atoms with E-state index in [0.717, 1.165) is 17.7 Å². The second-order valence-electron chi connectivity index (χ2n) is 4.90. The van der Waals surface area contributed by atoms with Crippen LogP contribution in [-0.2, 0) is 6.42 Å². The number of hydrogen-bond donors (Lipinski definition) is 1. The zero-order valence-corrected chi connectivity index (χ0v) is 10.8. The highest BCUT2D eigenvalue weighted by molar-refractivity contribution is 6.07. The van der Waals surface area contributed by atoms with Gasteiger partial charge in [0.15, 0.2) is 0 Å². The molecule has 0 aliphatic carbocycles. The molecule has 3 rings (SSSR count). The Kier molecular flexibility index (Phi) is 2.87. The molecule has 4 heteroatoms. The van der Waals surface area contributed by atoms with Crippen molar-refractivity contribution in [3.05, 3.63) is 53.5 Å². The number of benzene rings is 1. The first-order chi connectivity index (χ1) is 9.16. The first kappa shape index (κ1) is 12.0. The average Bonchev–Trinajstić information content (AvgIpc) is 2.83. The minimum atomic E-state index is -0.0474. The van der Waals surface area contributed by atoms with Crippen LogP contribution in [0.5, 0.6) is 0 Å². The SMILES string of the molecule is Cc1occc1C(=O)N1CC(N)Cc2ccccc21. The second kappa shape index (κ2) is 4.55. The van der Waals surface area contributed by atoms with E-state index in [9.17, 15) is 4.79 Å². The summed E-state index contributed by atoms with van der Waals surface area (Å²) in [5, 5.41) is 0. The molecule has 0 bridgehead atoms. The number of nitrogens with two attached hydrogens (primary N) is 1. The number of para-hydroxylation sites is 1. The third-order valence-electron chi connectivity index (χ3n) is 3.52. The lowest BCUT2D eigenvalue weighted by atomic mass is 9.98. The molecule has 98 valence electrons. The first-order valence-electron chi connectivity index (χ1n) is 6.36. The van der Waals surface area contributed by atoms with Gasteiger partial charge in [0.25, 0.3) is 5.91 Å². The van der Waals surface area contributed by atoms with Crippen molar-refractivity contribution in [1.82, 2.24) is 0 Å². The van der Waals surface area contributed by atoms with Crippen LogP contribution in [0.15, 0.2) is 41.0 Å². The van der Waals surface area contributed by atoms with Gasteiger partial charge in [-0.3, -0.25) is 4.79 Å². The summed E-state index contributed by atoms with van der Waals surface area (Å²) in [6.07, 6.45) is 2.35. The van der Waals surface area contributed by atoms with Crippen molar-refractivity contribution in [2.45, 2.75) is 19.4 Å². The molecular weight excluding hydrogens is 240 g/mol. The van der Waals surface area contributed by atoms with E-state index in [1.165, 1.54) is 0 Å². The van der Waals surface area contributed by atoms with E-state index in [1.54, 1.807) is 24.2 Å². The normalized spacial score (nSPS) is 18.2. The molecule has 0 spiro atoms. The Balaban J connectivity index is 2.02. The monoisotopic (exact) mass is 256 g/mol. The lowest BCUT2D eigenvalue weighted by molar-refractivity contribution is 0.0982. The van der Waals surface area contributed by atoms with Crippen LogP contribution in [0, 0.1) is 6.92 Å². The van der Waals surface area contributed by atoms with Crippen LogP contribution >= 0.6 is 0 Å². The van der Waals surface area contributed by atoms with Gasteiger partial charge in [-0.15, -0.1) is 0 Å². The average molecular weight is 256 g/mol. The van der Waals surface area contributed by atoms with Crippen LogP contribution in [0.1, 0.15) is 21.7 Å². The Morgan fingerprint density at radius 3 is 2.89 bits per heavy atom. The maximum absolute atomic E-state index is 12.6. The van der Waals surface area contributed by atoms with Crippen molar-refractivity contribution < 1.29 is 9.21 Å². The summed E-state index contributed by atoms with van der Waals surface area (Å²) in [6.45, 7) is 2.34. The van der Waals surface area contributed by atoms with E-state index in [-0.39, 0.29) is 11.9 Å². The largest absolute Gasteiger partial charge is 0.469 e. The van der Waals surface area contributed by atoms with E-state index in [4.69, 9.17) is 10.2 Å². The van der Waals surface area contributed by atoms with E-state index >= 15 is 0 Å². The summed E-state index contributed by atoms with van der Waals surface area (Å²) in [5.41, 5.74) is 8.73. The van der Waals surface area contributed by atoms with Crippen molar-refractivity contribution in [3.8, 4) is 0 Å². The highest BCUT2D eigenvalue weighted by Crippen LogP contribution is 2.28. The zero-order valence-electron chi connectivity index (χ0n) is 10.8. The maximum Gasteiger partial charge on any atom is 0.261 e. The standard InChI is InChI=1S/C15H16N2O2/c1-10-13(6-7-19-10)15(18)17-9-12(16)8-11-4-2-3-5-14(11)17/h2-7,12H,8-9,16H2,1H3. The van der Waals surface area contributed by atoms with Gasteiger partial charge in [-0.1, -0.05) is 18.2 Å². The Bertz CT molecular complexity index is 618. The minimum absolute atomic E-state index is 0.0222. The molecule has 1 atom stereocenters. The fourth-order valence-corrected chi connectivity index (χ4v) is 2.57. The number of amides is 1. The van der Waals surface area contributed by atoms with Gasteiger partial charge in [0.05, 0.1) is 11.8 Å². The van der Waals surface area contributed by atoms with Gasteiger partial charge in [-0.05, 0) is 31.0 Å². The Morgan fingerprint density at radius 2 is 2.16 bits per heavy atom. The highest BCUT2D eigenvalue weighted by Gasteiger charge is 2.28. The summed E-state index contributed by atoms with van der Waals surface area (Å²) in [4.78, 5) is 14.4. The molecule has 2 heterocycles. The lowest BCUT2D eigenvalue weighted by Crippen LogP contribution is -2.46. The highest BCUT2D eigenvalue weighted by atomic mass is 16.3. The maximum atomic E-state index is 12.6. The van der Waals surface area contributed by atoms with Crippen molar-refractivity contribution in [3.63, 3.8) is 0 Å². The minimum Gasteiger partial charge on any atom is -0.469 e. The van der Waals surface area contributed by atoms with E-state index in [0.29, 0.717) is 17.9 Å². The van der Waals surface area contributed by atoms with Crippen molar-refractivity contribution in [1.29, 1.82) is 0 Å².